The van der Waals surface area contributed by atoms with Crippen molar-refractivity contribution < 1.29 is 14.3 Å². The van der Waals surface area contributed by atoms with Crippen LogP contribution in [0.2, 0.25) is 0 Å². The monoisotopic (exact) mass is 241 g/mol. The molecule has 0 bridgehead atoms. The summed E-state index contributed by atoms with van der Waals surface area (Å²) < 4.78 is 14.0. The first-order valence-corrected chi connectivity index (χ1v) is 6.43. The molecule has 1 amide bonds. The van der Waals surface area contributed by atoms with Gasteiger partial charge in [0.05, 0.1) is 12.6 Å². The van der Waals surface area contributed by atoms with E-state index in [-0.39, 0.29) is 18.6 Å². The summed E-state index contributed by atoms with van der Waals surface area (Å²) in [5, 5.41) is 9.22. The van der Waals surface area contributed by atoms with Gasteiger partial charge in [0, 0.05) is 6.54 Å². The summed E-state index contributed by atoms with van der Waals surface area (Å²) in [4.78, 5) is 13.5. The van der Waals surface area contributed by atoms with Crippen molar-refractivity contribution in [2.24, 2.45) is 5.92 Å². The van der Waals surface area contributed by atoms with Gasteiger partial charge in [-0.1, -0.05) is 0 Å². The van der Waals surface area contributed by atoms with E-state index in [0.717, 1.165) is 32.1 Å². The first-order valence-electron chi connectivity index (χ1n) is 6.43. The normalized spacial score (nSPS) is 26.8. The SMILES string of the molecule is C/C(=C(\F)C(=O)N1CCCCC1CO)C1CC1. The molecular weight excluding hydrogens is 221 g/mol. The fourth-order valence-corrected chi connectivity index (χ4v) is 2.45. The number of nitrogens with zero attached hydrogens (tertiary/aromatic N) is 1. The number of carbonyl (C=O) groups is 1. The molecule has 2 fully saturated rings. The molecule has 96 valence electrons. The average Bonchev–Trinajstić information content (AvgIpc) is 3.20. The van der Waals surface area contributed by atoms with Crippen LogP contribution in [-0.4, -0.2) is 35.1 Å². The summed E-state index contributed by atoms with van der Waals surface area (Å²) in [6.07, 6.45) is 4.67. The molecule has 0 spiro atoms. The first-order chi connectivity index (χ1) is 8.15. The third-order valence-corrected chi connectivity index (χ3v) is 3.82. The second-order valence-electron chi connectivity index (χ2n) is 5.10. The number of likely N-dealkylation sites (tertiary alicyclic amines) is 1. The number of carbonyl (C=O) groups excluding carboxylic acids is 1. The van der Waals surface area contributed by atoms with Crippen molar-refractivity contribution in [1.82, 2.24) is 4.90 Å². The van der Waals surface area contributed by atoms with Gasteiger partial charge in [0.1, 0.15) is 0 Å². The summed E-state index contributed by atoms with van der Waals surface area (Å²) in [6.45, 7) is 2.21. The zero-order valence-electron chi connectivity index (χ0n) is 10.3. The number of piperidine rings is 1. The summed E-state index contributed by atoms with van der Waals surface area (Å²) in [5.74, 6) is -0.836. The standard InChI is InChI=1S/C13H20FNO2/c1-9(10-5-6-10)12(14)13(17)15-7-3-2-4-11(15)8-16/h10-11,16H,2-8H2,1H3/b12-9+. The van der Waals surface area contributed by atoms with Gasteiger partial charge in [-0.3, -0.25) is 4.79 Å². The van der Waals surface area contributed by atoms with Crippen LogP contribution in [0.5, 0.6) is 0 Å². The lowest BCUT2D eigenvalue weighted by atomic mass is 10.0. The van der Waals surface area contributed by atoms with Crippen molar-refractivity contribution in [2.75, 3.05) is 13.2 Å². The Labute approximate surface area is 101 Å². The molecule has 0 aromatic heterocycles. The lowest BCUT2D eigenvalue weighted by molar-refractivity contribution is -0.133. The third kappa shape index (κ3) is 2.68. The van der Waals surface area contributed by atoms with Gasteiger partial charge in [-0.15, -0.1) is 0 Å². The molecule has 1 aliphatic heterocycles. The van der Waals surface area contributed by atoms with Gasteiger partial charge in [0.15, 0.2) is 5.83 Å². The van der Waals surface area contributed by atoms with Crippen LogP contribution in [0.15, 0.2) is 11.4 Å². The van der Waals surface area contributed by atoms with Crippen LogP contribution in [-0.2, 0) is 4.79 Å². The average molecular weight is 241 g/mol. The van der Waals surface area contributed by atoms with Crippen LogP contribution >= 0.6 is 0 Å². The van der Waals surface area contributed by atoms with E-state index in [1.54, 1.807) is 6.92 Å². The molecule has 1 unspecified atom stereocenters. The lowest BCUT2D eigenvalue weighted by Crippen LogP contribution is -2.46. The zero-order chi connectivity index (χ0) is 12.4. The minimum Gasteiger partial charge on any atom is -0.394 e. The largest absolute Gasteiger partial charge is 0.394 e. The Morgan fingerprint density at radius 3 is 2.65 bits per heavy atom. The summed E-state index contributed by atoms with van der Waals surface area (Å²) in [6, 6.07) is -0.200. The highest BCUT2D eigenvalue weighted by Gasteiger charge is 2.33. The van der Waals surface area contributed by atoms with E-state index in [1.165, 1.54) is 4.90 Å². The molecule has 2 aliphatic rings. The summed E-state index contributed by atoms with van der Waals surface area (Å²) >= 11 is 0. The third-order valence-electron chi connectivity index (χ3n) is 3.82. The van der Waals surface area contributed by atoms with Crippen molar-refractivity contribution in [3.05, 3.63) is 11.4 Å². The second kappa shape index (κ2) is 5.17. The number of allylic oxidation sites excluding steroid dienone is 1. The molecule has 17 heavy (non-hydrogen) atoms. The number of aliphatic hydroxyl groups excluding tert-OH is 1. The van der Waals surface area contributed by atoms with E-state index in [4.69, 9.17) is 0 Å². The minimum atomic E-state index is -0.590. The van der Waals surface area contributed by atoms with Crippen molar-refractivity contribution in [1.29, 1.82) is 0 Å². The van der Waals surface area contributed by atoms with Gasteiger partial charge in [0.2, 0.25) is 0 Å². The van der Waals surface area contributed by atoms with Gasteiger partial charge in [-0.2, -0.15) is 0 Å². The molecule has 1 aliphatic carbocycles. The molecule has 1 saturated heterocycles. The van der Waals surface area contributed by atoms with E-state index in [9.17, 15) is 14.3 Å². The van der Waals surface area contributed by atoms with Crippen LogP contribution in [0, 0.1) is 5.92 Å². The fourth-order valence-electron chi connectivity index (χ4n) is 2.45. The molecule has 3 nitrogen and oxygen atoms in total. The quantitative estimate of drug-likeness (QED) is 0.768. The Hall–Kier alpha value is -0.900. The summed E-state index contributed by atoms with van der Waals surface area (Å²) in [5.41, 5.74) is 0.595. The maximum absolute atomic E-state index is 14.0. The van der Waals surface area contributed by atoms with Crippen molar-refractivity contribution in [3.8, 4) is 0 Å². The Kier molecular flexibility index (Phi) is 3.82. The Bertz CT molecular complexity index is 336. The topological polar surface area (TPSA) is 40.5 Å². The molecule has 2 rings (SSSR count). The van der Waals surface area contributed by atoms with E-state index in [1.807, 2.05) is 0 Å². The van der Waals surface area contributed by atoms with Crippen LogP contribution in [0.3, 0.4) is 0 Å². The lowest BCUT2D eigenvalue weighted by Gasteiger charge is -2.34. The number of halogens is 1. The van der Waals surface area contributed by atoms with E-state index >= 15 is 0 Å². The molecule has 1 atom stereocenters. The van der Waals surface area contributed by atoms with Crippen molar-refractivity contribution in [2.45, 2.75) is 45.1 Å². The van der Waals surface area contributed by atoms with Gasteiger partial charge in [-0.25, -0.2) is 4.39 Å². The molecule has 0 radical (unpaired) electrons. The predicted molar refractivity (Wildman–Crippen MR) is 63.0 cm³/mol. The van der Waals surface area contributed by atoms with Crippen molar-refractivity contribution >= 4 is 5.91 Å². The molecular formula is C13H20FNO2. The van der Waals surface area contributed by atoms with E-state index in [2.05, 4.69) is 0 Å². The van der Waals surface area contributed by atoms with E-state index < -0.39 is 11.7 Å². The smallest absolute Gasteiger partial charge is 0.282 e. The van der Waals surface area contributed by atoms with Crippen LogP contribution < -0.4 is 0 Å². The van der Waals surface area contributed by atoms with Gasteiger partial charge in [0.25, 0.3) is 5.91 Å². The molecule has 1 heterocycles. The molecule has 0 aromatic carbocycles. The number of hydrogen-bond acceptors (Lipinski definition) is 2. The second-order valence-corrected chi connectivity index (χ2v) is 5.10. The van der Waals surface area contributed by atoms with Crippen LogP contribution in [0.25, 0.3) is 0 Å². The molecule has 4 heteroatoms. The first kappa shape index (κ1) is 12.6. The Morgan fingerprint density at radius 2 is 2.06 bits per heavy atom. The van der Waals surface area contributed by atoms with Crippen molar-refractivity contribution in [3.63, 3.8) is 0 Å². The number of rotatable bonds is 3. The Balaban J connectivity index is 2.09. The van der Waals surface area contributed by atoms with Crippen LogP contribution in [0.4, 0.5) is 4.39 Å². The fraction of sp³-hybridized carbons (Fsp3) is 0.769. The predicted octanol–water partition coefficient (Wildman–Crippen LogP) is 2.01. The zero-order valence-corrected chi connectivity index (χ0v) is 10.3. The van der Waals surface area contributed by atoms with Crippen LogP contribution in [0.1, 0.15) is 39.0 Å². The number of aliphatic hydroxyl groups is 1. The van der Waals surface area contributed by atoms with Gasteiger partial charge >= 0.3 is 0 Å². The number of amides is 1. The van der Waals surface area contributed by atoms with E-state index in [0.29, 0.717) is 12.1 Å². The molecule has 0 aromatic rings. The highest BCUT2D eigenvalue weighted by molar-refractivity contribution is 5.92. The number of hydrogen-bond donors (Lipinski definition) is 1. The van der Waals surface area contributed by atoms with Gasteiger partial charge < -0.3 is 10.0 Å². The molecule has 1 saturated carbocycles. The maximum atomic E-state index is 14.0. The van der Waals surface area contributed by atoms with Gasteiger partial charge in [-0.05, 0) is 50.5 Å². The maximum Gasteiger partial charge on any atom is 0.282 e. The highest BCUT2D eigenvalue weighted by Crippen LogP contribution is 2.38. The summed E-state index contributed by atoms with van der Waals surface area (Å²) in [7, 11) is 0. The molecule has 1 N–H and O–H groups in total. The highest BCUT2D eigenvalue weighted by atomic mass is 19.1. The minimum absolute atomic E-state index is 0.0680. The Morgan fingerprint density at radius 1 is 1.35 bits per heavy atom.